The van der Waals surface area contributed by atoms with Crippen molar-refractivity contribution in [2.45, 2.75) is 13.0 Å². The molecule has 0 unspecified atom stereocenters. The van der Waals surface area contributed by atoms with Crippen LogP contribution in [0.3, 0.4) is 0 Å². The first-order chi connectivity index (χ1) is 7.88. The SMILES string of the molecule is NS(=O)(=O)CCNCc1ccc(C(F)F)cc1. The van der Waals surface area contributed by atoms with Gasteiger partial charge in [0.15, 0.2) is 0 Å². The summed E-state index contributed by atoms with van der Waals surface area (Å²) < 4.78 is 45.7. The third-order valence-electron chi connectivity index (χ3n) is 2.12. The van der Waals surface area contributed by atoms with E-state index in [1.165, 1.54) is 12.1 Å². The molecule has 1 rings (SSSR count). The summed E-state index contributed by atoms with van der Waals surface area (Å²) in [6, 6.07) is 5.85. The largest absolute Gasteiger partial charge is 0.312 e. The van der Waals surface area contributed by atoms with Gasteiger partial charge in [-0.1, -0.05) is 24.3 Å². The highest BCUT2D eigenvalue weighted by Gasteiger charge is 2.06. The fourth-order valence-corrected chi connectivity index (χ4v) is 1.66. The molecule has 1 aromatic rings. The van der Waals surface area contributed by atoms with Gasteiger partial charge in [0.25, 0.3) is 6.43 Å². The first kappa shape index (κ1) is 14.0. The maximum Gasteiger partial charge on any atom is 0.263 e. The molecule has 0 radical (unpaired) electrons. The van der Waals surface area contributed by atoms with Gasteiger partial charge in [0.05, 0.1) is 5.75 Å². The van der Waals surface area contributed by atoms with Crippen LogP contribution in [0.15, 0.2) is 24.3 Å². The number of sulfonamides is 1. The molecule has 0 spiro atoms. The molecule has 7 heteroatoms. The van der Waals surface area contributed by atoms with Gasteiger partial charge in [0.1, 0.15) is 0 Å². The number of hydrogen-bond donors (Lipinski definition) is 2. The van der Waals surface area contributed by atoms with Crippen LogP contribution in [0.25, 0.3) is 0 Å². The van der Waals surface area contributed by atoms with Crippen molar-refractivity contribution in [2.75, 3.05) is 12.3 Å². The predicted octanol–water partition coefficient (Wildman–Crippen LogP) is 1.00. The van der Waals surface area contributed by atoms with E-state index in [1.54, 1.807) is 12.1 Å². The molecule has 0 heterocycles. The van der Waals surface area contributed by atoms with Crippen LogP contribution in [0, 0.1) is 0 Å². The van der Waals surface area contributed by atoms with Crippen LogP contribution in [-0.4, -0.2) is 20.7 Å². The summed E-state index contributed by atoms with van der Waals surface area (Å²) in [5.74, 6) is -0.151. The highest BCUT2D eigenvalue weighted by Crippen LogP contribution is 2.18. The van der Waals surface area contributed by atoms with Crippen LogP contribution >= 0.6 is 0 Å². The van der Waals surface area contributed by atoms with E-state index in [0.717, 1.165) is 5.56 Å². The Balaban J connectivity index is 2.37. The minimum absolute atomic E-state index is 0.0294. The van der Waals surface area contributed by atoms with Crippen molar-refractivity contribution in [3.05, 3.63) is 35.4 Å². The van der Waals surface area contributed by atoms with Gasteiger partial charge >= 0.3 is 0 Å². The molecule has 0 saturated carbocycles. The molecule has 0 aliphatic heterocycles. The number of rotatable bonds is 6. The Morgan fingerprint density at radius 3 is 2.29 bits per heavy atom. The number of benzene rings is 1. The van der Waals surface area contributed by atoms with Crippen LogP contribution in [0.1, 0.15) is 17.6 Å². The molecule has 96 valence electrons. The zero-order valence-electron chi connectivity index (χ0n) is 9.07. The topological polar surface area (TPSA) is 72.2 Å². The second-order valence-electron chi connectivity index (χ2n) is 3.59. The van der Waals surface area contributed by atoms with E-state index in [1.807, 2.05) is 0 Å². The van der Waals surface area contributed by atoms with Crippen molar-refractivity contribution in [1.29, 1.82) is 0 Å². The fourth-order valence-electron chi connectivity index (χ4n) is 1.23. The molecule has 0 saturated heterocycles. The van der Waals surface area contributed by atoms with E-state index in [-0.39, 0.29) is 17.9 Å². The Morgan fingerprint density at radius 2 is 1.82 bits per heavy atom. The number of halogens is 2. The van der Waals surface area contributed by atoms with Crippen LogP contribution in [0.5, 0.6) is 0 Å². The van der Waals surface area contributed by atoms with Crippen molar-refractivity contribution in [1.82, 2.24) is 5.32 Å². The van der Waals surface area contributed by atoms with Gasteiger partial charge < -0.3 is 5.32 Å². The van der Waals surface area contributed by atoms with Gasteiger partial charge in [-0.2, -0.15) is 0 Å². The van der Waals surface area contributed by atoms with E-state index in [9.17, 15) is 17.2 Å². The Morgan fingerprint density at radius 1 is 1.24 bits per heavy atom. The Labute approximate surface area is 98.9 Å². The summed E-state index contributed by atoms with van der Waals surface area (Å²) in [4.78, 5) is 0. The highest BCUT2D eigenvalue weighted by molar-refractivity contribution is 7.89. The Kier molecular flexibility index (Phi) is 4.98. The lowest BCUT2D eigenvalue weighted by Crippen LogP contribution is -2.26. The number of primary sulfonamides is 1. The summed E-state index contributed by atoms with van der Waals surface area (Å²) in [7, 11) is -3.46. The maximum atomic E-state index is 12.2. The minimum Gasteiger partial charge on any atom is -0.312 e. The summed E-state index contributed by atoms with van der Waals surface area (Å²) in [5, 5.41) is 7.68. The molecule has 1 aromatic carbocycles. The van der Waals surface area contributed by atoms with Crippen molar-refractivity contribution in [3.63, 3.8) is 0 Å². The lowest BCUT2D eigenvalue weighted by Gasteiger charge is -2.05. The molecule has 0 aliphatic carbocycles. The minimum atomic E-state index is -3.46. The number of alkyl halides is 2. The molecule has 0 fully saturated rings. The van der Waals surface area contributed by atoms with E-state index < -0.39 is 16.4 Å². The van der Waals surface area contributed by atoms with E-state index in [4.69, 9.17) is 5.14 Å². The molecule has 0 amide bonds. The van der Waals surface area contributed by atoms with Crippen molar-refractivity contribution >= 4 is 10.0 Å². The van der Waals surface area contributed by atoms with Gasteiger partial charge in [-0.3, -0.25) is 0 Å². The van der Waals surface area contributed by atoms with Crippen molar-refractivity contribution in [2.24, 2.45) is 5.14 Å². The van der Waals surface area contributed by atoms with Gasteiger partial charge in [-0.25, -0.2) is 22.3 Å². The number of hydrogen-bond acceptors (Lipinski definition) is 3. The second kappa shape index (κ2) is 6.04. The monoisotopic (exact) mass is 264 g/mol. The van der Waals surface area contributed by atoms with E-state index >= 15 is 0 Å². The first-order valence-electron chi connectivity index (χ1n) is 4.96. The van der Waals surface area contributed by atoms with E-state index in [2.05, 4.69) is 5.32 Å². The average Bonchev–Trinajstić information content (AvgIpc) is 2.24. The standard InChI is InChI=1S/C10H14F2N2O2S/c11-10(12)9-3-1-8(2-4-9)7-14-5-6-17(13,15)16/h1-4,10,14H,5-7H2,(H2,13,15,16). The molecule has 0 aromatic heterocycles. The molecule has 0 aliphatic rings. The smallest absolute Gasteiger partial charge is 0.263 e. The first-order valence-corrected chi connectivity index (χ1v) is 6.68. The quantitative estimate of drug-likeness (QED) is 0.753. The maximum absolute atomic E-state index is 12.2. The summed E-state index contributed by atoms with van der Waals surface area (Å²) in [6.45, 7) is 0.647. The second-order valence-corrected chi connectivity index (χ2v) is 5.32. The zero-order valence-corrected chi connectivity index (χ0v) is 9.88. The van der Waals surface area contributed by atoms with Crippen molar-refractivity contribution in [3.8, 4) is 0 Å². The fraction of sp³-hybridized carbons (Fsp3) is 0.400. The Hall–Kier alpha value is -1.05. The van der Waals surface area contributed by atoms with Gasteiger partial charge in [-0.15, -0.1) is 0 Å². The summed E-state index contributed by atoms with van der Waals surface area (Å²) in [5.41, 5.74) is 0.780. The molecular formula is C10H14F2N2O2S. The van der Waals surface area contributed by atoms with Crippen LogP contribution < -0.4 is 10.5 Å². The molecule has 17 heavy (non-hydrogen) atoms. The number of nitrogens with two attached hydrogens (primary N) is 1. The summed E-state index contributed by atoms with van der Waals surface area (Å²) in [6.07, 6.45) is -2.47. The summed E-state index contributed by atoms with van der Waals surface area (Å²) >= 11 is 0. The zero-order chi connectivity index (χ0) is 12.9. The molecule has 4 nitrogen and oxygen atoms in total. The average molecular weight is 264 g/mol. The molecule has 3 N–H and O–H groups in total. The van der Waals surface area contributed by atoms with Crippen LogP contribution in [0.2, 0.25) is 0 Å². The normalized spacial score (nSPS) is 12.0. The third kappa shape index (κ3) is 5.71. The molecular weight excluding hydrogens is 250 g/mol. The predicted molar refractivity (Wildman–Crippen MR) is 61.1 cm³/mol. The number of nitrogens with one attached hydrogen (secondary N) is 1. The molecule has 0 atom stereocenters. The van der Waals surface area contributed by atoms with Crippen molar-refractivity contribution < 1.29 is 17.2 Å². The van der Waals surface area contributed by atoms with Crippen LogP contribution in [-0.2, 0) is 16.6 Å². The lowest BCUT2D eigenvalue weighted by molar-refractivity contribution is 0.151. The Bertz CT molecular complexity index is 446. The lowest BCUT2D eigenvalue weighted by atomic mass is 10.1. The van der Waals surface area contributed by atoms with Gasteiger partial charge in [0.2, 0.25) is 10.0 Å². The van der Waals surface area contributed by atoms with Gasteiger partial charge in [-0.05, 0) is 5.56 Å². The molecule has 0 bridgehead atoms. The van der Waals surface area contributed by atoms with Crippen LogP contribution in [0.4, 0.5) is 8.78 Å². The highest BCUT2D eigenvalue weighted by atomic mass is 32.2. The van der Waals surface area contributed by atoms with E-state index in [0.29, 0.717) is 6.54 Å². The third-order valence-corrected chi connectivity index (χ3v) is 2.90. The van der Waals surface area contributed by atoms with Gasteiger partial charge in [0, 0.05) is 18.7 Å².